The molecular formula is C26H26N10O2. The summed E-state index contributed by atoms with van der Waals surface area (Å²) in [4.78, 5) is 27.3. The maximum atomic E-state index is 6.11. The lowest BCUT2D eigenvalue weighted by atomic mass is 10.1. The summed E-state index contributed by atoms with van der Waals surface area (Å²) in [6.45, 7) is 7.24. The highest BCUT2D eigenvalue weighted by molar-refractivity contribution is 5.87. The Bertz CT molecular complexity index is 1620. The molecule has 0 saturated carbocycles. The molecule has 192 valence electrons. The number of benzene rings is 1. The Morgan fingerprint density at radius 3 is 2.95 bits per heavy atom. The van der Waals surface area contributed by atoms with E-state index in [2.05, 4.69) is 40.2 Å². The van der Waals surface area contributed by atoms with Crippen LogP contribution in [-0.4, -0.2) is 84.9 Å². The van der Waals surface area contributed by atoms with Gasteiger partial charge in [0.25, 0.3) is 0 Å². The van der Waals surface area contributed by atoms with Crippen LogP contribution in [0, 0.1) is 6.92 Å². The van der Waals surface area contributed by atoms with E-state index in [-0.39, 0.29) is 0 Å². The maximum Gasteiger partial charge on any atom is 0.226 e. The maximum absolute atomic E-state index is 6.11. The average molecular weight is 511 g/mol. The van der Waals surface area contributed by atoms with Crippen molar-refractivity contribution in [3.63, 3.8) is 0 Å². The van der Waals surface area contributed by atoms with Crippen molar-refractivity contribution in [1.29, 1.82) is 0 Å². The first-order valence-corrected chi connectivity index (χ1v) is 12.6. The topological polar surface area (TPSA) is 119 Å². The van der Waals surface area contributed by atoms with E-state index in [9.17, 15) is 0 Å². The van der Waals surface area contributed by atoms with Gasteiger partial charge in [0.1, 0.15) is 35.2 Å². The fourth-order valence-corrected chi connectivity index (χ4v) is 4.98. The Kier molecular flexibility index (Phi) is 5.67. The van der Waals surface area contributed by atoms with Gasteiger partial charge in [-0.05, 0) is 36.8 Å². The predicted molar refractivity (Wildman–Crippen MR) is 141 cm³/mol. The van der Waals surface area contributed by atoms with Crippen LogP contribution in [0.25, 0.3) is 16.7 Å². The molecule has 1 atom stereocenters. The lowest BCUT2D eigenvalue weighted by Crippen LogP contribution is -2.58. The number of nitrogens with zero attached hydrogens (tertiary/aromatic N) is 9. The van der Waals surface area contributed by atoms with Crippen LogP contribution in [0.5, 0.6) is 11.5 Å². The Hall–Kier alpha value is -4.42. The standard InChI is InChI=1S/C26H26N10O2/c1-17-10-18(2-3-22(17)38-20-4-5-36-23(11-20)29-16-31-36)32-25-24-21(28-15-30-25)12-27-26(33-24)35-7-6-34-8-9-37-14-19(34)13-35/h2-5,10-12,15-16,19H,6-9,13-14H2,1H3,(H,28,30,32)/t19-/m1/s1. The summed E-state index contributed by atoms with van der Waals surface area (Å²) in [6, 6.07) is 9.98. The van der Waals surface area contributed by atoms with E-state index in [4.69, 9.17) is 14.5 Å². The zero-order chi connectivity index (χ0) is 25.5. The van der Waals surface area contributed by atoms with Crippen molar-refractivity contribution in [2.24, 2.45) is 0 Å². The molecule has 0 bridgehead atoms. The molecule has 5 aromatic rings. The number of nitrogens with one attached hydrogen (secondary N) is 1. The number of aryl methyl sites for hydroxylation is 1. The number of piperazine rings is 1. The van der Waals surface area contributed by atoms with Crippen molar-refractivity contribution < 1.29 is 9.47 Å². The van der Waals surface area contributed by atoms with Gasteiger partial charge in [0.05, 0.1) is 25.5 Å². The molecule has 2 aliphatic heterocycles. The molecule has 2 fully saturated rings. The van der Waals surface area contributed by atoms with Crippen LogP contribution in [0.4, 0.5) is 17.5 Å². The third kappa shape index (κ3) is 4.33. The normalized spacial score (nSPS) is 18.0. The van der Waals surface area contributed by atoms with Crippen molar-refractivity contribution in [1.82, 2.24) is 39.4 Å². The zero-order valence-electron chi connectivity index (χ0n) is 20.9. The molecule has 2 saturated heterocycles. The number of anilines is 3. The number of hydrogen-bond acceptors (Lipinski definition) is 11. The molecule has 0 aliphatic carbocycles. The fraction of sp³-hybridized carbons (Fsp3) is 0.308. The minimum atomic E-state index is 0.364. The van der Waals surface area contributed by atoms with Crippen molar-refractivity contribution in [2.75, 3.05) is 49.6 Å². The molecule has 0 amide bonds. The molecule has 2 aliphatic rings. The van der Waals surface area contributed by atoms with Crippen LogP contribution in [0.3, 0.4) is 0 Å². The second kappa shape index (κ2) is 9.47. The van der Waals surface area contributed by atoms with Gasteiger partial charge in [-0.2, -0.15) is 5.10 Å². The highest BCUT2D eigenvalue weighted by atomic mass is 16.5. The first kappa shape index (κ1) is 22.8. The van der Waals surface area contributed by atoms with Crippen LogP contribution in [0.2, 0.25) is 0 Å². The second-order valence-electron chi connectivity index (χ2n) is 9.47. The van der Waals surface area contributed by atoms with Crippen molar-refractivity contribution in [2.45, 2.75) is 13.0 Å². The van der Waals surface area contributed by atoms with Gasteiger partial charge in [0.2, 0.25) is 5.95 Å². The molecule has 7 rings (SSSR count). The minimum Gasteiger partial charge on any atom is -0.457 e. The summed E-state index contributed by atoms with van der Waals surface area (Å²) in [5, 5.41) is 7.53. The number of aromatic nitrogens is 7. The minimum absolute atomic E-state index is 0.364. The molecule has 4 aromatic heterocycles. The number of pyridine rings is 1. The van der Waals surface area contributed by atoms with Gasteiger partial charge in [-0.3, -0.25) is 4.90 Å². The van der Waals surface area contributed by atoms with Gasteiger partial charge in [-0.1, -0.05) is 0 Å². The largest absolute Gasteiger partial charge is 0.457 e. The molecule has 38 heavy (non-hydrogen) atoms. The second-order valence-corrected chi connectivity index (χ2v) is 9.47. The molecule has 0 radical (unpaired) electrons. The number of morpholine rings is 1. The van der Waals surface area contributed by atoms with Gasteiger partial charge in [0, 0.05) is 44.1 Å². The summed E-state index contributed by atoms with van der Waals surface area (Å²) in [5.41, 5.74) is 3.93. The van der Waals surface area contributed by atoms with Crippen LogP contribution < -0.4 is 15.0 Å². The van der Waals surface area contributed by atoms with Crippen LogP contribution in [0.1, 0.15) is 5.56 Å². The smallest absolute Gasteiger partial charge is 0.226 e. The number of hydrogen-bond donors (Lipinski definition) is 1. The summed E-state index contributed by atoms with van der Waals surface area (Å²) in [5.74, 6) is 2.76. The molecule has 1 aromatic carbocycles. The van der Waals surface area contributed by atoms with Gasteiger partial charge in [-0.25, -0.2) is 29.4 Å². The van der Waals surface area contributed by atoms with Gasteiger partial charge < -0.3 is 19.7 Å². The number of rotatable bonds is 5. The molecule has 0 unspecified atom stereocenters. The van der Waals surface area contributed by atoms with Crippen molar-refractivity contribution in [3.05, 3.63) is 60.9 Å². The van der Waals surface area contributed by atoms with E-state index in [1.165, 1.54) is 12.7 Å². The lowest BCUT2D eigenvalue weighted by molar-refractivity contribution is -0.0118. The molecule has 1 N–H and O–H groups in total. The summed E-state index contributed by atoms with van der Waals surface area (Å²) >= 11 is 0. The van der Waals surface area contributed by atoms with Crippen molar-refractivity contribution >= 4 is 34.1 Å². The highest BCUT2D eigenvalue weighted by Gasteiger charge is 2.30. The Morgan fingerprint density at radius 1 is 1.03 bits per heavy atom. The number of ether oxygens (including phenoxy) is 2. The predicted octanol–water partition coefficient (Wildman–Crippen LogP) is 2.83. The first-order chi connectivity index (χ1) is 18.7. The lowest BCUT2D eigenvalue weighted by Gasteiger charge is -2.43. The first-order valence-electron chi connectivity index (χ1n) is 12.6. The van der Waals surface area contributed by atoms with Crippen LogP contribution in [0.15, 0.2) is 55.4 Å². The quantitative estimate of drug-likeness (QED) is 0.376. The fourth-order valence-electron chi connectivity index (χ4n) is 4.98. The third-order valence-corrected chi connectivity index (χ3v) is 7.00. The Balaban J connectivity index is 1.12. The number of fused-ring (bicyclic) bond motifs is 3. The van der Waals surface area contributed by atoms with E-state index < -0.39 is 0 Å². The summed E-state index contributed by atoms with van der Waals surface area (Å²) < 4.78 is 13.5. The van der Waals surface area contributed by atoms with E-state index >= 15 is 0 Å². The van der Waals surface area contributed by atoms with E-state index in [1.54, 1.807) is 10.7 Å². The van der Waals surface area contributed by atoms with Crippen LogP contribution in [-0.2, 0) is 4.74 Å². The summed E-state index contributed by atoms with van der Waals surface area (Å²) in [6.07, 6.45) is 6.63. The average Bonchev–Trinajstić information content (AvgIpc) is 3.42. The molecule has 6 heterocycles. The molecule has 12 nitrogen and oxygen atoms in total. The molecule has 12 heteroatoms. The van der Waals surface area contributed by atoms with Gasteiger partial charge in [0.15, 0.2) is 11.5 Å². The van der Waals surface area contributed by atoms with E-state index in [1.807, 2.05) is 43.5 Å². The monoisotopic (exact) mass is 510 g/mol. The third-order valence-electron chi connectivity index (χ3n) is 7.00. The zero-order valence-corrected chi connectivity index (χ0v) is 20.9. The SMILES string of the molecule is Cc1cc(Nc2ncnc3cnc(N4CCN5CCOC[C@H]5C4)nc23)ccc1Oc1ccn2ncnc2c1. The van der Waals surface area contributed by atoms with Crippen molar-refractivity contribution in [3.8, 4) is 11.5 Å². The molecule has 0 spiro atoms. The highest BCUT2D eigenvalue weighted by Crippen LogP contribution is 2.30. The summed E-state index contributed by atoms with van der Waals surface area (Å²) in [7, 11) is 0. The van der Waals surface area contributed by atoms with Gasteiger partial charge >= 0.3 is 0 Å². The van der Waals surface area contributed by atoms with E-state index in [0.29, 0.717) is 34.6 Å². The van der Waals surface area contributed by atoms with Gasteiger partial charge in [-0.15, -0.1) is 0 Å². The Morgan fingerprint density at radius 2 is 2.00 bits per heavy atom. The van der Waals surface area contributed by atoms with Crippen LogP contribution >= 0.6 is 0 Å². The molecular weight excluding hydrogens is 484 g/mol. The van der Waals surface area contributed by atoms with E-state index in [0.717, 1.165) is 62.0 Å². The Labute approximate surface area is 218 Å².